The maximum atomic E-state index is 13.3. The van der Waals surface area contributed by atoms with Crippen LogP contribution in [0.2, 0.25) is 10.0 Å². The Hall–Kier alpha value is -2.38. The molecule has 9 heteroatoms. The van der Waals surface area contributed by atoms with E-state index < -0.39 is 11.7 Å². The van der Waals surface area contributed by atoms with Crippen molar-refractivity contribution < 1.29 is 27.4 Å². The van der Waals surface area contributed by atoms with Crippen molar-refractivity contribution in [3.05, 3.63) is 62.8 Å². The summed E-state index contributed by atoms with van der Waals surface area (Å²) in [7, 11) is 1.74. The molecule has 1 aliphatic rings. The van der Waals surface area contributed by atoms with Crippen molar-refractivity contribution in [2.75, 3.05) is 6.61 Å². The molecule has 0 amide bonds. The summed E-state index contributed by atoms with van der Waals surface area (Å²) in [6.07, 6.45) is -1.37. The quantitative estimate of drug-likeness (QED) is 0.297. The fourth-order valence-corrected chi connectivity index (χ4v) is 5.41. The van der Waals surface area contributed by atoms with Gasteiger partial charge >= 0.3 is 12.1 Å². The molecule has 0 atom stereocenters. The van der Waals surface area contributed by atoms with Crippen LogP contribution in [-0.4, -0.2) is 23.2 Å². The number of hydrogen-bond acceptors (Lipinski definition) is 3. The van der Waals surface area contributed by atoms with E-state index in [1.54, 1.807) is 37.6 Å². The maximum Gasteiger partial charge on any atom is 0.416 e. The summed E-state index contributed by atoms with van der Waals surface area (Å²) < 4.78 is 53.1. The van der Waals surface area contributed by atoms with E-state index in [0.717, 1.165) is 17.1 Å². The molecule has 4 rings (SSSR count). The molecule has 1 heterocycles. The van der Waals surface area contributed by atoms with E-state index in [0.29, 0.717) is 71.1 Å². The molecule has 3 aromatic rings. The van der Waals surface area contributed by atoms with Crippen LogP contribution in [-0.2, 0) is 29.2 Å². The van der Waals surface area contributed by atoms with Gasteiger partial charge in [0, 0.05) is 35.1 Å². The normalized spacial score (nSPS) is 18.4. The van der Waals surface area contributed by atoms with Gasteiger partial charge in [-0.05, 0) is 81.0 Å². The van der Waals surface area contributed by atoms with Crippen LogP contribution in [0, 0.1) is 12.8 Å². The molecule has 1 saturated carbocycles. The average molecular weight is 542 g/mol. The second-order valence-corrected chi connectivity index (χ2v) is 10.1. The first kappa shape index (κ1) is 26.7. The largest absolute Gasteiger partial charge is 0.489 e. The van der Waals surface area contributed by atoms with Crippen LogP contribution in [0.5, 0.6) is 5.75 Å². The monoisotopic (exact) mass is 541 g/mol. The molecular weight excluding hydrogens is 514 g/mol. The van der Waals surface area contributed by atoms with Gasteiger partial charge in [-0.3, -0.25) is 4.79 Å². The Kier molecular flexibility index (Phi) is 7.81. The number of aromatic nitrogens is 1. The van der Waals surface area contributed by atoms with Crippen molar-refractivity contribution in [3.8, 4) is 5.75 Å². The minimum absolute atomic E-state index is 0.0803. The molecule has 0 unspecified atom stereocenters. The van der Waals surface area contributed by atoms with Crippen LogP contribution < -0.4 is 4.74 Å². The van der Waals surface area contributed by atoms with Gasteiger partial charge in [-0.15, -0.1) is 0 Å². The lowest BCUT2D eigenvalue weighted by atomic mass is 9.87. The van der Waals surface area contributed by atoms with Crippen LogP contribution in [0.1, 0.15) is 55.0 Å². The molecule has 4 nitrogen and oxygen atoms in total. The highest BCUT2D eigenvalue weighted by Gasteiger charge is 2.32. The zero-order chi connectivity index (χ0) is 26.2. The zero-order valence-electron chi connectivity index (χ0n) is 20.3. The maximum absolute atomic E-state index is 13.3. The number of esters is 1. The van der Waals surface area contributed by atoms with Gasteiger partial charge in [-0.1, -0.05) is 23.2 Å². The zero-order valence-corrected chi connectivity index (χ0v) is 21.9. The number of fused-ring (bicyclic) bond motifs is 1. The van der Waals surface area contributed by atoms with E-state index in [1.807, 2.05) is 6.07 Å². The minimum atomic E-state index is -4.42. The summed E-state index contributed by atoms with van der Waals surface area (Å²) >= 11 is 13.2. The fourth-order valence-electron chi connectivity index (χ4n) is 4.86. The lowest BCUT2D eigenvalue weighted by molar-refractivity contribution is -0.149. The van der Waals surface area contributed by atoms with Crippen LogP contribution in [0.15, 0.2) is 30.3 Å². The molecule has 0 bridgehead atoms. The number of benzene rings is 2. The topological polar surface area (TPSA) is 40.5 Å². The molecule has 2 aromatic carbocycles. The third-order valence-corrected chi connectivity index (χ3v) is 7.66. The number of carbonyl (C=O) groups is 1. The highest BCUT2D eigenvalue weighted by molar-refractivity contribution is 6.37. The predicted molar refractivity (Wildman–Crippen MR) is 135 cm³/mol. The average Bonchev–Trinajstić information content (AvgIpc) is 3.14. The SMILES string of the molecule is CCOC(=O)[C@H]1CC[C@@H](Oc2ccc(Cl)c(Cc3cc4c(C)cc(C(F)(F)F)cc4n3C)c2Cl)CC1. The highest BCUT2D eigenvalue weighted by atomic mass is 35.5. The van der Waals surface area contributed by atoms with Gasteiger partial charge in [0.25, 0.3) is 0 Å². The third kappa shape index (κ3) is 5.47. The van der Waals surface area contributed by atoms with Crippen molar-refractivity contribution in [2.45, 2.75) is 58.2 Å². The van der Waals surface area contributed by atoms with E-state index in [-0.39, 0.29) is 18.0 Å². The fraction of sp³-hybridized carbons (Fsp3) is 0.444. The molecule has 1 aliphatic carbocycles. The van der Waals surface area contributed by atoms with Crippen molar-refractivity contribution in [2.24, 2.45) is 13.0 Å². The first-order valence-corrected chi connectivity index (χ1v) is 12.7. The number of halogens is 5. The van der Waals surface area contributed by atoms with Gasteiger partial charge in [0.1, 0.15) is 5.75 Å². The number of aryl methyl sites for hydroxylation is 2. The number of nitrogens with zero attached hydrogens (tertiary/aromatic N) is 1. The van der Waals surface area contributed by atoms with Crippen molar-refractivity contribution in [3.63, 3.8) is 0 Å². The van der Waals surface area contributed by atoms with Crippen LogP contribution in [0.3, 0.4) is 0 Å². The highest BCUT2D eigenvalue weighted by Crippen LogP contribution is 2.39. The summed E-state index contributed by atoms with van der Waals surface area (Å²) in [5.74, 6) is 0.245. The molecule has 0 radical (unpaired) electrons. The predicted octanol–water partition coefficient (Wildman–Crippen LogP) is 7.90. The second-order valence-electron chi connectivity index (χ2n) is 9.28. The minimum Gasteiger partial charge on any atom is -0.489 e. The van der Waals surface area contributed by atoms with Crippen LogP contribution >= 0.6 is 23.2 Å². The molecule has 0 N–H and O–H groups in total. The van der Waals surface area contributed by atoms with E-state index in [4.69, 9.17) is 32.7 Å². The number of carbonyl (C=O) groups excluding carboxylic acids is 1. The van der Waals surface area contributed by atoms with E-state index in [2.05, 4.69) is 0 Å². The molecule has 194 valence electrons. The van der Waals surface area contributed by atoms with Gasteiger partial charge in [0.15, 0.2) is 0 Å². The molecule has 1 fully saturated rings. The molecular formula is C27H28Cl2F3NO3. The Morgan fingerprint density at radius 3 is 2.44 bits per heavy atom. The standard InChI is InChI=1S/C27H28Cl2F3NO3/c1-4-35-26(34)16-5-7-19(8-6-16)36-24-10-9-22(28)21(25(24)29)14-18-13-20-15(2)11-17(27(30,31)32)12-23(20)33(18)3/h9-13,16,19H,4-8,14H2,1-3H3/t16-,19+. The first-order valence-electron chi connectivity index (χ1n) is 12.0. The number of ether oxygens (including phenoxy) is 2. The second kappa shape index (κ2) is 10.5. The number of alkyl halides is 3. The Balaban J connectivity index is 1.56. The molecule has 36 heavy (non-hydrogen) atoms. The third-order valence-electron chi connectivity index (χ3n) is 6.89. The van der Waals surface area contributed by atoms with Crippen LogP contribution in [0.25, 0.3) is 10.9 Å². The lowest BCUT2D eigenvalue weighted by Crippen LogP contribution is -2.29. The summed E-state index contributed by atoms with van der Waals surface area (Å²) in [5.41, 5.74) is 1.80. The summed E-state index contributed by atoms with van der Waals surface area (Å²) in [4.78, 5) is 12.0. The number of hydrogen-bond donors (Lipinski definition) is 0. The number of rotatable bonds is 6. The van der Waals surface area contributed by atoms with Gasteiger partial charge in [0.2, 0.25) is 0 Å². The smallest absolute Gasteiger partial charge is 0.416 e. The van der Waals surface area contributed by atoms with E-state index in [1.165, 1.54) is 6.07 Å². The Morgan fingerprint density at radius 1 is 1.11 bits per heavy atom. The summed E-state index contributed by atoms with van der Waals surface area (Å²) in [5, 5.41) is 1.59. The van der Waals surface area contributed by atoms with E-state index >= 15 is 0 Å². The molecule has 1 aromatic heterocycles. The van der Waals surface area contributed by atoms with Crippen molar-refractivity contribution in [1.82, 2.24) is 4.57 Å². The Morgan fingerprint density at radius 2 is 1.81 bits per heavy atom. The Labute approximate surface area is 218 Å². The molecule has 0 spiro atoms. The van der Waals surface area contributed by atoms with Crippen molar-refractivity contribution >= 4 is 40.1 Å². The summed E-state index contributed by atoms with van der Waals surface area (Å²) in [6, 6.07) is 7.66. The van der Waals surface area contributed by atoms with Gasteiger partial charge in [-0.25, -0.2) is 0 Å². The van der Waals surface area contributed by atoms with E-state index in [9.17, 15) is 18.0 Å². The molecule has 0 saturated heterocycles. The van der Waals surface area contributed by atoms with Gasteiger partial charge in [0.05, 0.1) is 29.2 Å². The Bertz CT molecular complexity index is 1280. The summed E-state index contributed by atoms with van der Waals surface area (Å²) in [6.45, 7) is 3.84. The van der Waals surface area contributed by atoms with Crippen molar-refractivity contribution in [1.29, 1.82) is 0 Å². The van der Waals surface area contributed by atoms with Gasteiger partial charge < -0.3 is 14.0 Å². The van der Waals surface area contributed by atoms with Crippen LogP contribution in [0.4, 0.5) is 13.2 Å². The van der Waals surface area contributed by atoms with Gasteiger partial charge in [-0.2, -0.15) is 13.2 Å². The first-order chi connectivity index (χ1) is 17.0. The lowest BCUT2D eigenvalue weighted by Gasteiger charge is -2.28. The molecule has 0 aliphatic heterocycles.